The van der Waals surface area contributed by atoms with Crippen LogP contribution in [0, 0.1) is 35.0 Å². The first-order valence-corrected chi connectivity index (χ1v) is 6.95. The Balaban J connectivity index is 3.85. The van der Waals surface area contributed by atoms with Crippen LogP contribution in [0.25, 0.3) is 0 Å². The van der Waals surface area contributed by atoms with Crippen LogP contribution in [0.3, 0.4) is 0 Å². The quantitative estimate of drug-likeness (QED) is 0.416. The second-order valence-corrected chi connectivity index (χ2v) is 6.58. The van der Waals surface area contributed by atoms with Crippen LogP contribution in [0.1, 0.15) is 20.8 Å². The minimum Gasteiger partial charge on any atom is -0.171 e. The minimum absolute atomic E-state index is 0.0857. The standard InChI is InChI=1S/C13H14F12/c1-4-5(2)9(3,13(23,24)25)8(12(20,21)22)7(11(17,18)19)6(4)10(14,15)16/h4-8H,1-3H3. The lowest BCUT2D eigenvalue weighted by atomic mass is 9.49. The van der Waals surface area contributed by atoms with Gasteiger partial charge in [0, 0.05) is 0 Å². The van der Waals surface area contributed by atoms with Crippen molar-refractivity contribution >= 4 is 0 Å². The van der Waals surface area contributed by atoms with Crippen molar-refractivity contribution in [3.8, 4) is 0 Å². The zero-order chi connectivity index (χ0) is 20.4. The Bertz CT molecular complexity index is 481. The minimum atomic E-state index is -6.14. The van der Waals surface area contributed by atoms with Gasteiger partial charge in [-0.05, 0) is 11.8 Å². The fourth-order valence-electron chi connectivity index (χ4n) is 3.92. The van der Waals surface area contributed by atoms with Gasteiger partial charge in [0.15, 0.2) is 0 Å². The van der Waals surface area contributed by atoms with Gasteiger partial charge in [0.25, 0.3) is 0 Å². The Morgan fingerprint density at radius 1 is 0.600 bits per heavy atom. The molecule has 6 atom stereocenters. The average molecular weight is 398 g/mol. The fraction of sp³-hybridized carbons (Fsp3) is 1.00. The van der Waals surface area contributed by atoms with E-state index >= 15 is 0 Å². The number of hydrogen-bond donors (Lipinski definition) is 0. The van der Waals surface area contributed by atoms with Gasteiger partial charge in [-0.2, -0.15) is 52.7 Å². The van der Waals surface area contributed by atoms with Gasteiger partial charge < -0.3 is 0 Å². The first-order valence-electron chi connectivity index (χ1n) is 6.95. The molecule has 25 heavy (non-hydrogen) atoms. The largest absolute Gasteiger partial charge is 0.395 e. The van der Waals surface area contributed by atoms with E-state index in [0.717, 1.165) is 0 Å². The second-order valence-electron chi connectivity index (χ2n) is 6.58. The third-order valence-corrected chi connectivity index (χ3v) is 5.41. The monoisotopic (exact) mass is 398 g/mol. The van der Waals surface area contributed by atoms with E-state index in [-0.39, 0.29) is 6.92 Å². The molecule has 0 aromatic rings. The molecule has 0 spiro atoms. The molecule has 0 radical (unpaired) electrons. The van der Waals surface area contributed by atoms with E-state index in [2.05, 4.69) is 0 Å². The molecule has 0 N–H and O–H groups in total. The van der Waals surface area contributed by atoms with E-state index < -0.39 is 59.7 Å². The lowest BCUT2D eigenvalue weighted by molar-refractivity contribution is -0.392. The Kier molecular flexibility index (Phi) is 5.18. The topological polar surface area (TPSA) is 0 Å². The summed E-state index contributed by atoms with van der Waals surface area (Å²) in [4.78, 5) is 0. The lowest BCUT2D eigenvalue weighted by Crippen LogP contribution is -2.66. The smallest absolute Gasteiger partial charge is 0.171 e. The SMILES string of the molecule is CC1C(C(F)(F)F)C(C(F)(F)F)C(C(F)(F)F)C(C)(C(F)(F)F)C1C. The lowest BCUT2D eigenvalue weighted by Gasteiger charge is -2.56. The van der Waals surface area contributed by atoms with Crippen molar-refractivity contribution < 1.29 is 52.7 Å². The summed E-state index contributed by atoms with van der Waals surface area (Å²) in [7, 11) is 0. The molecule has 0 bridgehead atoms. The van der Waals surface area contributed by atoms with E-state index in [4.69, 9.17) is 0 Å². The van der Waals surface area contributed by atoms with Crippen LogP contribution in [0.2, 0.25) is 0 Å². The van der Waals surface area contributed by atoms with Crippen molar-refractivity contribution in [1.29, 1.82) is 0 Å². The maximum absolute atomic E-state index is 13.4. The van der Waals surface area contributed by atoms with Crippen LogP contribution >= 0.6 is 0 Å². The van der Waals surface area contributed by atoms with Gasteiger partial charge in [0.1, 0.15) is 0 Å². The molecule has 0 heterocycles. The molecule has 0 saturated heterocycles. The molecule has 1 aliphatic carbocycles. The fourth-order valence-corrected chi connectivity index (χ4v) is 3.92. The molecule has 0 nitrogen and oxygen atoms in total. The molecule has 0 amide bonds. The summed E-state index contributed by atoms with van der Waals surface area (Å²) in [5, 5.41) is 0. The third-order valence-electron chi connectivity index (χ3n) is 5.41. The van der Waals surface area contributed by atoms with Gasteiger partial charge >= 0.3 is 24.7 Å². The molecule has 1 saturated carbocycles. The number of hydrogen-bond acceptors (Lipinski definition) is 0. The van der Waals surface area contributed by atoms with E-state index in [1.807, 2.05) is 0 Å². The van der Waals surface area contributed by atoms with E-state index in [1.54, 1.807) is 0 Å². The van der Waals surface area contributed by atoms with Crippen molar-refractivity contribution in [2.24, 2.45) is 35.0 Å². The van der Waals surface area contributed by atoms with Gasteiger partial charge in [-0.3, -0.25) is 0 Å². The van der Waals surface area contributed by atoms with Crippen LogP contribution < -0.4 is 0 Å². The Hall–Kier alpha value is -0.840. The highest BCUT2D eigenvalue weighted by atomic mass is 19.4. The second kappa shape index (κ2) is 5.83. The molecule has 0 aromatic heterocycles. The average Bonchev–Trinajstić information content (AvgIpc) is 2.29. The molecule has 1 aliphatic rings. The maximum Gasteiger partial charge on any atom is 0.395 e. The predicted octanol–water partition coefficient (Wildman–Crippen LogP) is 6.38. The van der Waals surface area contributed by atoms with Gasteiger partial charge in [-0.1, -0.05) is 20.8 Å². The van der Waals surface area contributed by atoms with Gasteiger partial charge in [-0.15, -0.1) is 0 Å². The van der Waals surface area contributed by atoms with E-state index in [0.29, 0.717) is 13.8 Å². The highest BCUT2D eigenvalue weighted by molar-refractivity contribution is 5.09. The molecule has 6 unspecified atom stereocenters. The highest BCUT2D eigenvalue weighted by Gasteiger charge is 2.78. The first-order chi connectivity index (χ1) is 10.7. The molecule has 150 valence electrons. The van der Waals surface area contributed by atoms with Crippen LogP contribution in [0.4, 0.5) is 52.7 Å². The molecular formula is C13H14F12. The first kappa shape index (κ1) is 22.2. The summed E-state index contributed by atoms with van der Waals surface area (Å²) in [5.41, 5.74) is -4.02. The zero-order valence-corrected chi connectivity index (χ0v) is 12.9. The number of rotatable bonds is 0. The normalized spacial score (nSPS) is 38.8. The van der Waals surface area contributed by atoms with Crippen molar-refractivity contribution in [2.45, 2.75) is 45.5 Å². The number of halogens is 12. The zero-order valence-electron chi connectivity index (χ0n) is 12.9. The molecular weight excluding hydrogens is 384 g/mol. The molecule has 12 heteroatoms. The summed E-state index contributed by atoms with van der Waals surface area (Å²) in [6, 6.07) is 0. The third kappa shape index (κ3) is 3.54. The summed E-state index contributed by atoms with van der Waals surface area (Å²) in [6.45, 7) is 0.859. The summed E-state index contributed by atoms with van der Waals surface area (Å²) >= 11 is 0. The Labute approximate surface area is 134 Å². The Morgan fingerprint density at radius 3 is 1.20 bits per heavy atom. The van der Waals surface area contributed by atoms with Crippen molar-refractivity contribution in [3.63, 3.8) is 0 Å². The van der Waals surface area contributed by atoms with Crippen LogP contribution in [-0.2, 0) is 0 Å². The van der Waals surface area contributed by atoms with Crippen LogP contribution in [0.5, 0.6) is 0 Å². The highest BCUT2D eigenvalue weighted by Crippen LogP contribution is 2.68. The predicted molar refractivity (Wildman–Crippen MR) is 61.1 cm³/mol. The van der Waals surface area contributed by atoms with Crippen LogP contribution in [-0.4, -0.2) is 24.7 Å². The summed E-state index contributed by atoms with van der Waals surface area (Å²) < 4.78 is 159. The van der Waals surface area contributed by atoms with E-state index in [1.165, 1.54) is 0 Å². The van der Waals surface area contributed by atoms with Crippen LogP contribution in [0.15, 0.2) is 0 Å². The molecule has 0 aliphatic heterocycles. The summed E-state index contributed by atoms with van der Waals surface area (Å²) in [6.07, 6.45) is -23.8. The van der Waals surface area contributed by atoms with Gasteiger partial charge in [0.05, 0.1) is 23.2 Å². The van der Waals surface area contributed by atoms with Crippen molar-refractivity contribution in [1.82, 2.24) is 0 Å². The van der Waals surface area contributed by atoms with Gasteiger partial charge in [0.2, 0.25) is 0 Å². The molecule has 1 fully saturated rings. The van der Waals surface area contributed by atoms with E-state index in [9.17, 15) is 52.7 Å². The summed E-state index contributed by atoms with van der Waals surface area (Å²) in [5.74, 6) is -16.8. The number of alkyl halides is 12. The molecule has 1 rings (SSSR count). The van der Waals surface area contributed by atoms with Crippen molar-refractivity contribution in [3.05, 3.63) is 0 Å². The molecule has 0 aromatic carbocycles. The van der Waals surface area contributed by atoms with Gasteiger partial charge in [-0.25, -0.2) is 0 Å². The Morgan fingerprint density at radius 2 is 0.960 bits per heavy atom. The maximum atomic E-state index is 13.4. The van der Waals surface area contributed by atoms with Crippen molar-refractivity contribution in [2.75, 3.05) is 0 Å².